The Morgan fingerprint density at radius 3 is 2.43 bits per heavy atom. The summed E-state index contributed by atoms with van der Waals surface area (Å²) in [4.78, 5) is 17.0. The molecule has 0 aliphatic carbocycles. The van der Waals surface area contributed by atoms with Gasteiger partial charge in [0.15, 0.2) is 0 Å². The van der Waals surface area contributed by atoms with E-state index < -0.39 is 10.0 Å². The second kappa shape index (κ2) is 9.79. The molecule has 1 heterocycles. The number of nitrogens with zero attached hydrogens (tertiary/aromatic N) is 2. The number of piperidine rings is 1. The minimum atomic E-state index is -3.67. The Balaban J connectivity index is 1.72. The van der Waals surface area contributed by atoms with Crippen molar-refractivity contribution in [1.29, 1.82) is 0 Å². The van der Waals surface area contributed by atoms with Crippen molar-refractivity contribution >= 4 is 21.6 Å². The molecule has 0 radical (unpaired) electrons. The minimum absolute atomic E-state index is 0.0763. The lowest BCUT2D eigenvalue weighted by molar-refractivity contribution is 0.0785. The quantitative estimate of drug-likeness (QED) is 0.693. The van der Waals surface area contributed by atoms with Gasteiger partial charge in [-0.2, -0.15) is 4.72 Å². The first-order chi connectivity index (χ1) is 14.4. The molecular formula is C23H27N3O3S. The zero-order chi connectivity index (χ0) is 21.6. The number of hydrogen-bond acceptors (Lipinski definition) is 4. The minimum Gasteiger partial charge on any atom is -0.371 e. The predicted molar refractivity (Wildman–Crippen MR) is 119 cm³/mol. The van der Waals surface area contributed by atoms with Crippen molar-refractivity contribution in [3.8, 4) is 12.3 Å². The summed E-state index contributed by atoms with van der Waals surface area (Å²) in [5.74, 6) is 2.07. The molecule has 0 unspecified atom stereocenters. The van der Waals surface area contributed by atoms with Gasteiger partial charge >= 0.3 is 0 Å². The largest absolute Gasteiger partial charge is 0.371 e. The van der Waals surface area contributed by atoms with E-state index in [9.17, 15) is 13.2 Å². The Kier molecular flexibility index (Phi) is 7.14. The average Bonchev–Trinajstić information content (AvgIpc) is 2.78. The highest BCUT2D eigenvalue weighted by Gasteiger charge is 2.19. The van der Waals surface area contributed by atoms with Gasteiger partial charge in [-0.25, -0.2) is 8.42 Å². The molecule has 7 heteroatoms. The molecule has 3 rings (SSSR count). The first kappa shape index (κ1) is 21.9. The molecule has 6 nitrogen and oxygen atoms in total. The van der Waals surface area contributed by atoms with Crippen LogP contribution < -0.4 is 9.62 Å². The molecule has 2 aromatic rings. The molecule has 1 saturated heterocycles. The molecule has 1 amide bonds. The fraction of sp³-hybridized carbons (Fsp3) is 0.348. The number of carbonyl (C=O) groups excluding carboxylic acids is 1. The highest BCUT2D eigenvalue weighted by molar-refractivity contribution is 7.89. The van der Waals surface area contributed by atoms with Gasteiger partial charge in [-0.1, -0.05) is 24.1 Å². The summed E-state index contributed by atoms with van der Waals surface area (Å²) in [6, 6.07) is 14.1. The number of carbonyl (C=O) groups is 1. The number of amides is 1. The van der Waals surface area contributed by atoms with E-state index in [0.29, 0.717) is 12.1 Å². The second-order valence-corrected chi connectivity index (χ2v) is 9.16. The molecule has 0 saturated carbocycles. The van der Waals surface area contributed by atoms with E-state index in [1.807, 2.05) is 12.1 Å². The van der Waals surface area contributed by atoms with Crippen LogP contribution in [0.25, 0.3) is 0 Å². The van der Waals surface area contributed by atoms with Crippen molar-refractivity contribution in [2.75, 3.05) is 31.6 Å². The predicted octanol–water partition coefficient (Wildman–Crippen LogP) is 2.86. The van der Waals surface area contributed by atoms with E-state index in [2.05, 4.69) is 27.7 Å². The van der Waals surface area contributed by atoms with Crippen molar-refractivity contribution in [1.82, 2.24) is 9.62 Å². The summed E-state index contributed by atoms with van der Waals surface area (Å²) in [6.07, 6.45) is 8.75. The highest BCUT2D eigenvalue weighted by atomic mass is 32.2. The monoisotopic (exact) mass is 425 g/mol. The van der Waals surface area contributed by atoms with Crippen LogP contribution in [0.4, 0.5) is 5.69 Å². The van der Waals surface area contributed by atoms with E-state index in [4.69, 9.17) is 6.42 Å². The summed E-state index contributed by atoms with van der Waals surface area (Å²) >= 11 is 0. The number of benzene rings is 2. The lowest BCUT2D eigenvalue weighted by Gasteiger charge is -2.31. The molecule has 30 heavy (non-hydrogen) atoms. The summed E-state index contributed by atoms with van der Waals surface area (Å²) in [5.41, 5.74) is 2.72. The molecule has 0 atom stereocenters. The summed E-state index contributed by atoms with van der Waals surface area (Å²) in [6.45, 7) is 2.48. The van der Waals surface area contributed by atoms with Gasteiger partial charge in [0.25, 0.3) is 5.91 Å². The summed E-state index contributed by atoms with van der Waals surface area (Å²) < 4.78 is 26.6. The van der Waals surface area contributed by atoms with E-state index in [1.54, 1.807) is 11.9 Å². The van der Waals surface area contributed by atoms with Crippen LogP contribution in [-0.2, 0) is 16.6 Å². The van der Waals surface area contributed by atoms with Crippen LogP contribution in [0, 0.1) is 12.3 Å². The van der Waals surface area contributed by atoms with Gasteiger partial charge in [0.2, 0.25) is 10.0 Å². The number of nitrogens with one attached hydrogen (secondary N) is 1. The topological polar surface area (TPSA) is 69.7 Å². The molecule has 0 aromatic heterocycles. The Morgan fingerprint density at radius 2 is 1.77 bits per heavy atom. The molecule has 1 aliphatic heterocycles. The van der Waals surface area contributed by atoms with Crippen LogP contribution in [0.2, 0.25) is 0 Å². The maximum Gasteiger partial charge on any atom is 0.253 e. The molecule has 2 aromatic carbocycles. The maximum atomic E-state index is 12.9. The number of rotatable bonds is 7. The summed E-state index contributed by atoms with van der Waals surface area (Å²) in [5, 5.41) is 0. The number of hydrogen-bond donors (Lipinski definition) is 1. The highest BCUT2D eigenvalue weighted by Crippen LogP contribution is 2.25. The van der Waals surface area contributed by atoms with Crippen LogP contribution in [0.15, 0.2) is 53.4 Å². The number of sulfonamides is 1. The van der Waals surface area contributed by atoms with Gasteiger partial charge in [-0.15, -0.1) is 6.42 Å². The Labute approximate surface area is 178 Å². The van der Waals surface area contributed by atoms with Gasteiger partial charge < -0.3 is 9.80 Å². The molecular weight excluding hydrogens is 398 g/mol. The standard InChI is InChI=1S/C23H27N3O3S/c1-3-15-24-30(28,29)21-13-11-19(12-14-21)23(27)25(2)18-20-9-5-6-10-22(20)26-16-7-4-8-17-26/h1,5-6,9-14,24H,4,7-8,15-18H2,2H3. The Morgan fingerprint density at radius 1 is 1.10 bits per heavy atom. The van der Waals surface area contributed by atoms with Crippen molar-refractivity contribution in [3.05, 3.63) is 59.7 Å². The van der Waals surface area contributed by atoms with E-state index in [-0.39, 0.29) is 17.3 Å². The van der Waals surface area contributed by atoms with Crippen LogP contribution in [0.1, 0.15) is 35.2 Å². The maximum absolute atomic E-state index is 12.9. The third-order valence-electron chi connectivity index (χ3n) is 5.22. The van der Waals surface area contributed by atoms with Gasteiger partial charge in [0.1, 0.15) is 0 Å². The molecule has 1 N–H and O–H groups in total. The third-order valence-corrected chi connectivity index (χ3v) is 6.64. The molecule has 0 bridgehead atoms. The van der Waals surface area contributed by atoms with E-state index >= 15 is 0 Å². The van der Waals surface area contributed by atoms with Gasteiger partial charge in [-0.05, 0) is 55.2 Å². The zero-order valence-corrected chi connectivity index (χ0v) is 18.0. The van der Waals surface area contributed by atoms with Crippen molar-refractivity contribution < 1.29 is 13.2 Å². The fourth-order valence-corrected chi connectivity index (χ4v) is 4.57. The number of anilines is 1. The zero-order valence-electron chi connectivity index (χ0n) is 17.2. The number of para-hydroxylation sites is 1. The van der Waals surface area contributed by atoms with E-state index in [0.717, 1.165) is 18.7 Å². The van der Waals surface area contributed by atoms with Crippen LogP contribution in [0.3, 0.4) is 0 Å². The number of terminal acetylenes is 1. The fourth-order valence-electron chi connectivity index (χ4n) is 3.63. The average molecular weight is 426 g/mol. The first-order valence-electron chi connectivity index (χ1n) is 10.0. The van der Waals surface area contributed by atoms with Gasteiger partial charge in [-0.3, -0.25) is 4.79 Å². The molecule has 1 fully saturated rings. The Hall–Kier alpha value is -2.82. The second-order valence-electron chi connectivity index (χ2n) is 7.39. The smallest absolute Gasteiger partial charge is 0.253 e. The van der Waals surface area contributed by atoms with Crippen molar-refractivity contribution in [2.45, 2.75) is 30.7 Å². The first-order valence-corrected chi connectivity index (χ1v) is 11.5. The third kappa shape index (κ3) is 5.21. The molecule has 0 spiro atoms. The lowest BCUT2D eigenvalue weighted by atomic mass is 10.1. The van der Waals surface area contributed by atoms with Crippen molar-refractivity contribution in [2.24, 2.45) is 0 Å². The van der Waals surface area contributed by atoms with Gasteiger partial charge in [0.05, 0.1) is 11.4 Å². The van der Waals surface area contributed by atoms with Gasteiger partial charge in [0, 0.05) is 37.9 Å². The lowest BCUT2D eigenvalue weighted by Crippen LogP contribution is -2.32. The van der Waals surface area contributed by atoms with Crippen LogP contribution >= 0.6 is 0 Å². The SMILES string of the molecule is C#CCNS(=O)(=O)c1ccc(C(=O)N(C)Cc2ccccc2N2CCCCC2)cc1. The molecule has 158 valence electrons. The van der Waals surface area contributed by atoms with E-state index in [1.165, 1.54) is 49.2 Å². The molecule has 1 aliphatic rings. The van der Waals surface area contributed by atoms with Crippen molar-refractivity contribution in [3.63, 3.8) is 0 Å². The van der Waals surface area contributed by atoms with Crippen LogP contribution in [-0.4, -0.2) is 45.9 Å². The Bertz CT molecular complexity index is 1020. The normalized spacial score (nSPS) is 14.2. The summed E-state index contributed by atoms with van der Waals surface area (Å²) in [7, 11) is -1.92. The van der Waals surface area contributed by atoms with Crippen LogP contribution in [0.5, 0.6) is 0 Å².